The number of para-hydroxylation sites is 1. The van der Waals surface area contributed by atoms with Gasteiger partial charge in [0.2, 0.25) is 0 Å². The van der Waals surface area contributed by atoms with Crippen LogP contribution in [0.5, 0.6) is 5.75 Å². The van der Waals surface area contributed by atoms with E-state index >= 15 is 0 Å². The van der Waals surface area contributed by atoms with Crippen molar-refractivity contribution in [2.45, 2.75) is 6.54 Å². The Morgan fingerprint density at radius 2 is 1.58 bits per heavy atom. The summed E-state index contributed by atoms with van der Waals surface area (Å²) in [6.45, 7) is 1.75. The number of imide groups is 1. The van der Waals surface area contributed by atoms with Crippen LogP contribution < -0.4 is 4.74 Å². The first-order valence-electron chi connectivity index (χ1n) is 9.99. The first-order chi connectivity index (χ1) is 15.1. The van der Waals surface area contributed by atoms with E-state index in [1.165, 1.54) is 4.90 Å². The highest BCUT2D eigenvalue weighted by molar-refractivity contribution is 6.35. The number of pyridine rings is 1. The molecule has 1 aromatic heterocycles. The van der Waals surface area contributed by atoms with E-state index in [-0.39, 0.29) is 18.4 Å². The molecule has 0 radical (unpaired) electrons. The van der Waals surface area contributed by atoms with E-state index in [4.69, 9.17) is 14.2 Å². The van der Waals surface area contributed by atoms with E-state index in [1.807, 2.05) is 23.1 Å². The second-order valence-corrected chi connectivity index (χ2v) is 6.91. The number of aromatic nitrogens is 1. The van der Waals surface area contributed by atoms with Crippen molar-refractivity contribution in [1.29, 1.82) is 0 Å². The lowest BCUT2D eigenvalue weighted by molar-refractivity contribution is -0.138. The van der Waals surface area contributed by atoms with Crippen LogP contribution in [0.2, 0.25) is 0 Å². The zero-order valence-electron chi connectivity index (χ0n) is 18.0. The molecule has 0 atom stereocenters. The fourth-order valence-corrected chi connectivity index (χ4v) is 3.49. The van der Waals surface area contributed by atoms with Gasteiger partial charge in [0.05, 0.1) is 38.1 Å². The van der Waals surface area contributed by atoms with Gasteiger partial charge < -0.3 is 19.1 Å². The van der Waals surface area contributed by atoms with Crippen LogP contribution in [0.15, 0.2) is 54.4 Å². The normalized spacial score (nSPS) is 13.8. The molecule has 8 nitrogen and oxygen atoms in total. The van der Waals surface area contributed by atoms with Crippen molar-refractivity contribution >= 4 is 17.4 Å². The molecule has 31 heavy (non-hydrogen) atoms. The molecule has 3 rings (SSSR count). The Hall–Kier alpha value is -3.23. The van der Waals surface area contributed by atoms with Gasteiger partial charge in [0, 0.05) is 39.1 Å². The van der Waals surface area contributed by atoms with Gasteiger partial charge >= 0.3 is 0 Å². The summed E-state index contributed by atoms with van der Waals surface area (Å²) < 4.78 is 16.0. The fourth-order valence-electron chi connectivity index (χ4n) is 3.49. The Morgan fingerprint density at radius 3 is 2.19 bits per heavy atom. The van der Waals surface area contributed by atoms with E-state index in [9.17, 15) is 9.59 Å². The van der Waals surface area contributed by atoms with Crippen molar-refractivity contribution in [3.63, 3.8) is 0 Å². The largest absolute Gasteiger partial charge is 0.496 e. The van der Waals surface area contributed by atoms with Crippen molar-refractivity contribution in [3.8, 4) is 5.75 Å². The zero-order chi connectivity index (χ0) is 22.2. The van der Waals surface area contributed by atoms with Crippen LogP contribution in [-0.2, 0) is 25.6 Å². The van der Waals surface area contributed by atoms with Gasteiger partial charge in [-0.2, -0.15) is 0 Å². The number of benzene rings is 1. The van der Waals surface area contributed by atoms with Crippen LogP contribution >= 0.6 is 0 Å². The van der Waals surface area contributed by atoms with Gasteiger partial charge in [-0.15, -0.1) is 0 Å². The average molecular weight is 425 g/mol. The number of carbonyl (C=O) groups is 2. The van der Waals surface area contributed by atoms with Gasteiger partial charge in [0.15, 0.2) is 0 Å². The number of nitrogens with zero attached hydrogens (tertiary/aromatic N) is 3. The zero-order valence-corrected chi connectivity index (χ0v) is 18.0. The maximum absolute atomic E-state index is 13.5. The molecule has 0 N–H and O–H groups in total. The molecule has 2 heterocycles. The van der Waals surface area contributed by atoms with Crippen molar-refractivity contribution < 1.29 is 23.8 Å². The van der Waals surface area contributed by atoms with E-state index in [1.54, 1.807) is 51.8 Å². The average Bonchev–Trinajstić information content (AvgIpc) is 3.04. The Morgan fingerprint density at radius 1 is 0.903 bits per heavy atom. The van der Waals surface area contributed by atoms with E-state index in [0.717, 1.165) is 0 Å². The minimum absolute atomic E-state index is 0.0864. The monoisotopic (exact) mass is 425 g/mol. The molecule has 0 bridgehead atoms. The molecule has 164 valence electrons. The van der Waals surface area contributed by atoms with Crippen molar-refractivity contribution in [2.75, 3.05) is 47.6 Å². The molecule has 0 fully saturated rings. The predicted molar refractivity (Wildman–Crippen MR) is 115 cm³/mol. The Labute approximate surface area is 182 Å². The predicted octanol–water partition coefficient (Wildman–Crippen LogP) is 1.97. The Bertz CT molecular complexity index is 937. The van der Waals surface area contributed by atoms with Gasteiger partial charge in [-0.3, -0.25) is 19.5 Å². The van der Waals surface area contributed by atoms with Crippen LogP contribution in [0.25, 0.3) is 5.57 Å². The minimum Gasteiger partial charge on any atom is -0.496 e. The Balaban J connectivity index is 2.08. The van der Waals surface area contributed by atoms with Crippen LogP contribution in [0.3, 0.4) is 0 Å². The quantitative estimate of drug-likeness (QED) is 0.509. The van der Waals surface area contributed by atoms with E-state index in [2.05, 4.69) is 4.98 Å². The third kappa shape index (κ3) is 4.92. The highest BCUT2D eigenvalue weighted by atomic mass is 16.5. The second kappa shape index (κ2) is 10.7. The van der Waals surface area contributed by atoms with Gasteiger partial charge in [-0.25, -0.2) is 0 Å². The number of hydrogen-bond acceptors (Lipinski definition) is 7. The van der Waals surface area contributed by atoms with Crippen LogP contribution in [0.4, 0.5) is 0 Å². The lowest BCUT2D eigenvalue weighted by atomic mass is 10.0. The standard InChI is InChI=1S/C23H27N3O5/c1-29-14-12-25(13-15-30-2)21-20(18-9-4-5-10-19(18)31-3)22(27)26(23(21)28)16-17-8-6-7-11-24-17/h4-11H,12-16H2,1-3H3. The van der Waals surface area contributed by atoms with Crippen LogP contribution in [0, 0.1) is 0 Å². The number of methoxy groups -OCH3 is 3. The fraction of sp³-hybridized carbons (Fsp3) is 0.348. The highest BCUT2D eigenvalue weighted by Crippen LogP contribution is 2.36. The third-order valence-corrected chi connectivity index (χ3v) is 5.01. The van der Waals surface area contributed by atoms with Gasteiger partial charge in [0.25, 0.3) is 11.8 Å². The molecule has 0 aliphatic carbocycles. The molecule has 0 unspecified atom stereocenters. The number of amides is 2. The summed E-state index contributed by atoms with van der Waals surface area (Å²) in [5.74, 6) is -0.229. The van der Waals surface area contributed by atoms with Crippen molar-refractivity contribution in [1.82, 2.24) is 14.8 Å². The number of carbonyl (C=O) groups excluding carboxylic acids is 2. The highest BCUT2D eigenvalue weighted by Gasteiger charge is 2.42. The maximum Gasteiger partial charge on any atom is 0.278 e. The lowest BCUT2D eigenvalue weighted by Crippen LogP contribution is -2.37. The molecule has 0 saturated carbocycles. The van der Waals surface area contributed by atoms with Crippen molar-refractivity contribution in [2.24, 2.45) is 0 Å². The summed E-state index contributed by atoms with van der Waals surface area (Å²) in [7, 11) is 4.73. The summed E-state index contributed by atoms with van der Waals surface area (Å²) in [6, 6.07) is 12.6. The third-order valence-electron chi connectivity index (χ3n) is 5.01. The maximum atomic E-state index is 13.5. The topological polar surface area (TPSA) is 81.2 Å². The Kier molecular flexibility index (Phi) is 7.75. The molecule has 1 aliphatic rings. The number of hydrogen-bond donors (Lipinski definition) is 0. The molecule has 0 saturated heterocycles. The summed E-state index contributed by atoms with van der Waals surface area (Å²) in [6.07, 6.45) is 1.64. The van der Waals surface area contributed by atoms with E-state index in [0.29, 0.717) is 54.6 Å². The van der Waals surface area contributed by atoms with Gasteiger partial charge in [-0.1, -0.05) is 24.3 Å². The van der Waals surface area contributed by atoms with Gasteiger partial charge in [0.1, 0.15) is 11.4 Å². The SMILES string of the molecule is COCCN(CCOC)C1=C(c2ccccc2OC)C(=O)N(Cc2ccccn2)C1=O. The molecule has 8 heteroatoms. The summed E-state index contributed by atoms with van der Waals surface area (Å²) in [5, 5.41) is 0. The lowest BCUT2D eigenvalue weighted by Gasteiger charge is -2.25. The molecule has 2 aromatic rings. The number of rotatable bonds is 11. The van der Waals surface area contributed by atoms with Gasteiger partial charge in [-0.05, 0) is 18.2 Å². The first kappa shape index (κ1) is 22.5. The summed E-state index contributed by atoms with van der Waals surface area (Å²) >= 11 is 0. The van der Waals surface area contributed by atoms with Crippen LogP contribution in [-0.4, -0.2) is 74.2 Å². The molecular weight excluding hydrogens is 398 g/mol. The molecular formula is C23H27N3O5. The molecule has 1 aliphatic heterocycles. The molecule has 1 aromatic carbocycles. The minimum atomic E-state index is -0.380. The number of ether oxygens (including phenoxy) is 3. The summed E-state index contributed by atoms with van der Waals surface area (Å²) in [4.78, 5) is 34.4. The van der Waals surface area contributed by atoms with E-state index < -0.39 is 0 Å². The van der Waals surface area contributed by atoms with Crippen molar-refractivity contribution in [3.05, 3.63) is 65.6 Å². The van der Waals surface area contributed by atoms with Crippen LogP contribution in [0.1, 0.15) is 11.3 Å². The molecule has 0 spiro atoms. The molecule has 2 amide bonds. The second-order valence-electron chi connectivity index (χ2n) is 6.91. The smallest absolute Gasteiger partial charge is 0.278 e. The summed E-state index contributed by atoms with van der Waals surface area (Å²) in [5.41, 5.74) is 1.83. The first-order valence-corrected chi connectivity index (χ1v) is 9.99.